The molecule has 2 heterocycles. The predicted molar refractivity (Wildman–Crippen MR) is 89.9 cm³/mol. The van der Waals surface area contributed by atoms with Gasteiger partial charge in [-0.3, -0.25) is 4.79 Å². The number of thioether (sulfide) groups is 1. The minimum absolute atomic E-state index is 0.00430. The number of hydrogen-bond acceptors (Lipinski definition) is 5. The van der Waals surface area contributed by atoms with Gasteiger partial charge in [-0.15, -0.1) is 23.1 Å². The lowest BCUT2D eigenvalue weighted by atomic mass is 10.1. The Kier molecular flexibility index (Phi) is 5.38. The van der Waals surface area contributed by atoms with Gasteiger partial charge in [0.1, 0.15) is 0 Å². The van der Waals surface area contributed by atoms with Crippen molar-refractivity contribution in [1.29, 1.82) is 0 Å². The minimum Gasteiger partial charge on any atom is -0.349 e. The Morgan fingerprint density at radius 3 is 2.76 bits per heavy atom. The standard InChI is InChI=1S/C14H21NO3S3/c1-9-6-13(11(3)20-9)10(2)15-14(16)7-19-12-4-5-21(17,18)8-12/h6,10,12H,4-5,7-8H2,1-3H3,(H,15,16)/t10-,12+/m0/s1. The van der Waals surface area contributed by atoms with E-state index in [1.165, 1.54) is 27.1 Å². The summed E-state index contributed by atoms with van der Waals surface area (Å²) in [5.41, 5.74) is 1.17. The zero-order valence-corrected chi connectivity index (χ0v) is 15.0. The van der Waals surface area contributed by atoms with Gasteiger partial charge in [-0.25, -0.2) is 8.42 Å². The Balaban J connectivity index is 1.81. The largest absolute Gasteiger partial charge is 0.349 e. The van der Waals surface area contributed by atoms with Gasteiger partial charge in [-0.1, -0.05) is 0 Å². The molecular weight excluding hydrogens is 326 g/mol. The highest BCUT2D eigenvalue weighted by Crippen LogP contribution is 2.27. The van der Waals surface area contributed by atoms with Crippen LogP contribution in [0.15, 0.2) is 6.07 Å². The summed E-state index contributed by atoms with van der Waals surface area (Å²) >= 11 is 3.19. The molecule has 1 saturated heterocycles. The number of thiophene rings is 1. The van der Waals surface area contributed by atoms with E-state index in [9.17, 15) is 13.2 Å². The molecule has 1 fully saturated rings. The zero-order chi connectivity index (χ0) is 15.6. The molecule has 0 aromatic carbocycles. The van der Waals surface area contributed by atoms with E-state index < -0.39 is 9.84 Å². The fourth-order valence-corrected chi connectivity index (χ4v) is 7.00. The number of aryl methyl sites for hydroxylation is 2. The van der Waals surface area contributed by atoms with Crippen LogP contribution < -0.4 is 5.32 Å². The summed E-state index contributed by atoms with van der Waals surface area (Å²) in [6, 6.07) is 2.11. The van der Waals surface area contributed by atoms with Gasteiger partial charge < -0.3 is 5.32 Å². The highest BCUT2D eigenvalue weighted by molar-refractivity contribution is 8.02. The van der Waals surface area contributed by atoms with Gasteiger partial charge >= 0.3 is 0 Å². The van der Waals surface area contributed by atoms with Gasteiger partial charge in [-0.05, 0) is 38.8 Å². The fraction of sp³-hybridized carbons (Fsp3) is 0.643. The third-order valence-electron chi connectivity index (χ3n) is 3.56. The first-order chi connectivity index (χ1) is 9.77. The Morgan fingerprint density at radius 2 is 2.24 bits per heavy atom. The maximum absolute atomic E-state index is 12.0. The number of carbonyl (C=O) groups excluding carboxylic acids is 1. The van der Waals surface area contributed by atoms with E-state index in [0.717, 1.165) is 0 Å². The normalized spacial score (nSPS) is 22.1. The lowest BCUT2D eigenvalue weighted by molar-refractivity contribution is -0.119. The number of rotatable bonds is 5. The lowest BCUT2D eigenvalue weighted by Gasteiger charge is -2.14. The van der Waals surface area contributed by atoms with Crippen molar-refractivity contribution in [2.24, 2.45) is 0 Å². The van der Waals surface area contributed by atoms with Crippen LogP contribution in [0, 0.1) is 13.8 Å². The van der Waals surface area contributed by atoms with Crippen molar-refractivity contribution < 1.29 is 13.2 Å². The van der Waals surface area contributed by atoms with Crippen LogP contribution in [-0.4, -0.2) is 36.8 Å². The molecule has 0 unspecified atom stereocenters. The molecule has 118 valence electrons. The van der Waals surface area contributed by atoms with Crippen LogP contribution in [0.25, 0.3) is 0 Å². The minimum atomic E-state index is -2.86. The van der Waals surface area contributed by atoms with E-state index in [-0.39, 0.29) is 28.7 Å². The molecule has 1 N–H and O–H groups in total. The second-order valence-electron chi connectivity index (χ2n) is 5.49. The number of nitrogens with one attached hydrogen (secondary N) is 1. The summed E-state index contributed by atoms with van der Waals surface area (Å²) < 4.78 is 22.8. The van der Waals surface area contributed by atoms with Crippen LogP contribution in [0.3, 0.4) is 0 Å². The first-order valence-electron chi connectivity index (χ1n) is 6.95. The van der Waals surface area contributed by atoms with Crippen LogP contribution in [0.4, 0.5) is 0 Å². The van der Waals surface area contributed by atoms with Crippen LogP contribution in [0.5, 0.6) is 0 Å². The smallest absolute Gasteiger partial charge is 0.230 e. The van der Waals surface area contributed by atoms with Gasteiger partial charge in [0.25, 0.3) is 0 Å². The topological polar surface area (TPSA) is 63.2 Å². The van der Waals surface area contributed by atoms with Gasteiger partial charge in [0.15, 0.2) is 9.84 Å². The second-order valence-corrected chi connectivity index (χ2v) is 10.5. The van der Waals surface area contributed by atoms with E-state index >= 15 is 0 Å². The third-order valence-corrected chi connectivity index (χ3v) is 7.83. The van der Waals surface area contributed by atoms with Crippen LogP contribution in [-0.2, 0) is 14.6 Å². The van der Waals surface area contributed by atoms with Crippen molar-refractivity contribution in [3.63, 3.8) is 0 Å². The maximum Gasteiger partial charge on any atom is 0.230 e. The van der Waals surface area contributed by atoms with Gasteiger partial charge in [0.2, 0.25) is 5.91 Å². The Labute approximate surface area is 134 Å². The lowest BCUT2D eigenvalue weighted by Crippen LogP contribution is -2.29. The monoisotopic (exact) mass is 347 g/mol. The molecule has 0 saturated carbocycles. The molecule has 1 aliphatic rings. The number of carbonyl (C=O) groups is 1. The Hall–Kier alpha value is -0.530. The van der Waals surface area contributed by atoms with E-state index in [0.29, 0.717) is 12.2 Å². The summed E-state index contributed by atoms with van der Waals surface area (Å²) in [6.07, 6.45) is 0.665. The van der Waals surface area contributed by atoms with Crippen molar-refractivity contribution in [2.75, 3.05) is 17.3 Å². The molecule has 1 aromatic rings. The van der Waals surface area contributed by atoms with E-state index in [2.05, 4.69) is 25.2 Å². The van der Waals surface area contributed by atoms with Crippen molar-refractivity contribution in [3.8, 4) is 0 Å². The molecule has 4 nitrogen and oxygen atoms in total. The first-order valence-corrected chi connectivity index (χ1v) is 10.6. The van der Waals surface area contributed by atoms with Crippen molar-refractivity contribution in [1.82, 2.24) is 5.32 Å². The summed E-state index contributed by atoms with van der Waals surface area (Å²) in [5, 5.41) is 3.06. The van der Waals surface area contributed by atoms with E-state index in [4.69, 9.17) is 0 Å². The average Bonchev–Trinajstić information content (AvgIpc) is 2.89. The number of amides is 1. The summed E-state index contributed by atoms with van der Waals surface area (Å²) in [6.45, 7) is 6.11. The summed E-state index contributed by atoms with van der Waals surface area (Å²) in [7, 11) is -2.86. The summed E-state index contributed by atoms with van der Waals surface area (Å²) in [5.74, 6) is 0.770. The molecule has 2 rings (SSSR count). The average molecular weight is 348 g/mol. The van der Waals surface area contributed by atoms with Crippen LogP contribution in [0.2, 0.25) is 0 Å². The number of sulfone groups is 1. The zero-order valence-electron chi connectivity index (χ0n) is 12.5. The number of hydrogen-bond donors (Lipinski definition) is 1. The molecule has 0 bridgehead atoms. The predicted octanol–water partition coefficient (Wildman–Crippen LogP) is 2.46. The quantitative estimate of drug-likeness (QED) is 0.889. The van der Waals surface area contributed by atoms with Gasteiger partial charge in [0.05, 0.1) is 23.3 Å². The molecule has 1 amide bonds. The van der Waals surface area contributed by atoms with Crippen molar-refractivity contribution >= 4 is 38.8 Å². The molecule has 0 radical (unpaired) electrons. The van der Waals surface area contributed by atoms with E-state index in [1.54, 1.807) is 11.3 Å². The Bertz CT molecular complexity index is 621. The molecule has 21 heavy (non-hydrogen) atoms. The van der Waals surface area contributed by atoms with E-state index in [1.807, 2.05) is 6.92 Å². The maximum atomic E-state index is 12.0. The molecule has 0 aliphatic carbocycles. The van der Waals surface area contributed by atoms with Gasteiger partial charge in [0, 0.05) is 15.0 Å². The molecule has 1 aliphatic heterocycles. The highest BCUT2D eigenvalue weighted by Gasteiger charge is 2.28. The molecule has 2 atom stereocenters. The Morgan fingerprint density at radius 1 is 1.52 bits per heavy atom. The second kappa shape index (κ2) is 6.71. The third kappa shape index (κ3) is 4.72. The first kappa shape index (κ1) is 16.8. The SMILES string of the molecule is Cc1cc([C@H](C)NC(=O)CS[C@@H]2CCS(=O)(=O)C2)c(C)s1. The van der Waals surface area contributed by atoms with Crippen LogP contribution >= 0.6 is 23.1 Å². The fourth-order valence-electron chi connectivity index (χ4n) is 2.53. The van der Waals surface area contributed by atoms with Gasteiger partial charge in [-0.2, -0.15) is 0 Å². The molecule has 0 spiro atoms. The van der Waals surface area contributed by atoms with Crippen molar-refractivity contribution in [2.45, 2.75) is 38.5 Å². The van der Waals surface area contributed by atoms with Crippen LogP contribution in [0.1, 0.15) is 34.7 Å². The summed E-state index contributed by atoms with van der Waals surface area (Å²) in [4.78, 5) is 14.5. The molecular formula is C14H21NO3S3. The van der Waals surface area contributed by atoms with Crippen molar-refractivity contribution in [3.05, 3.63) is 21.4 Å². The molecule has 1 aromatic heterocycles. The molecule has 7 heteroatoms. The highest BCUT2D eigenvalue weighted by atomic mass is 32.2.